The van der Waals surface area contributed by atoms with Gasteiger partial charge in [0.05, 0.1) is 11.1 Å². The number of hydrogen-bond donors (Lipinski definition) is 0. The van der Waals surface area contributed by atoms with Crippen molar-refractivity contribution in [2.24, 2.45) is 0 Å². The number of benzene rings is 1. The summed E-state index contributed by atoms with van der Waals surface area (Å²) >= 11 is 1.48. The minimum Gasteiger partial charge on any atom is -0.318 e. The Morgan fingerprint density at radius 3 is 3.00 bits per heavy atom. The van der Waals surface area contributed by atoms with E-state index in [1.54, 1.807) is 13.1 Å². The van der Waals surface area contributed by atoms with Crippen molar-refractivity contribution >= 4 is 27.9 Å². The number of hydrogen-bond acceptors (Lipinski definition) is 4. The van der Waals surface area contributed by atoms with Gasteiger partial charge in [0.15, 0.2) is 10.9 Å². The van der Waals surface area contributed by atoms with E-state index in [4.69, 9.17) is 0 Å². The molecule has 2 heterocycles. The lowest BCUT2D eigenvalue weighted by molar-refractivity contribution is 0.102. The molecule has 0 N–H and O–H groups in total. The maximum Gasteiger partial charge on any atom is 0.190 e. The molecule has 4 heteroatoms. The third-order valence-corrected chi connectivity index (χ3v) is 4.55. The van der Waals surface area contributed by atoms with E-state index < -0.39 is 0 Å². The summed E-state index contributed by atoms with van der Waals surface area (Å²) < 4.78 is 0. The second kappa shape index (κ2) is 4.78. The molecule has 0 saturated carbocycles. The van der Waals surface area contributed by atoms with Gasteiger partial charge in [-0.05, 0) is 31.4 Å². The van der Waals surface area contributed by atoms with Crippen LogP contribution < -0.4 is 4.90 Å². The van der Waals surface area contributed by atoms with Crippen LogP contribution in [0, 0.1) is 6.92 Å². The van der Waals surface area contributed by atoms with Gasteiger partial charge in [-0.1, -0.05) is 29.0 Å². The number of Topliss-reactive ketones (excluding diaryl/α,β-unsaturated/α-hetero) is 1. The van der Waals surface area contributed by atoms with E-state index in [0.29, 0.717) is 0 Å². The second-order valence-electron chi connectivity index (χ2n) is 4.95. The van der Waals surface area contributed by atoms with Crippen LogP contribution in [0.1, 0.15) is 34.1 Å². The fourth-order valence-corrected chi connectivity index (χ4v) is 3.33. The standard InChI is InChI=1S/C15H16N2OS/c1-10-5-6-13-12(8-10)4-3-7-17(13)15-16-9-14(19-15)11(2)18/h5-6,8-9H,3-4,7H2,1-2H3. The minimum atomic E-state index is 0.0879. The van der Waals surface area contributed by atoms with Crippen LogP contribution in [0.5, 0.6) is 0 Å². The number of ketones is 1. The molecule has 0 unspecified atom stereocenters. The molecule has 19 heavy (non-hydrogen) atoms. The summed E-state index contributed by atoms with van der Waals surface area (Å²) in [5.74, 6) is 0.0879. The van der Waals surface area contributed by atoms with Gasteiger partial charge < -0.3 is 4.90 Å². The Labute approximate surface area is 116 Å². The van der Waals surface area contributed by atoms with Crippen molar-refractivity contribution in [1.82, 2.24) is 4.98 Å². The number of fused-ring (bicyclic) bond motifs is 1. The fourth-order valence-electron chi connectivity index (χ4n) is 2.48. The van der Waals surface area contributed by atoms with Gasteiger partial charge in [-0.2, -0.15) is 0 Å². The molecule has 3 rings (SSSR count). The normalized spacial score (nSPS) is 14.3. The lowest BCUT2D eigenvalue weighted by Gasteiger charge is -2.29. The summed E-state index contributed by atoms with van der Waals surface area (Å²) in [7, 11) is 0. The van der Waals surface area contributed by atoms with E-state index in [0.717, 1.165) is 29.4 Å². The molecule has 98 valence electrons. The van der Waals surface area contributed by atoms with Gasteiger partial charge in [-0.25, -0.2) is 4.98 Å². The van der Waals surface area contributed by atoms with E-state index >= 15 is 0 Å². The number of carbonyl (C=O) groups excluding carboxylic acids is 1. The second-order valence-corrected chi connectivity index (χ2v) is 5.96. The van der Waals surface area contributed by atoms with Gasteiger partial charge >= 0.3 is 0 Å². The summed E-state index contributed by atoms with van der Waals surface area (Å²) in [6, 6.07) is 6.55. The zero-order valence-corrected chi connectivity index (χ0v) is 12.0. The molecule has 0 aliphatic carbocycles. The molecule has 1 aliphatic rings. The summed E-state index contributed by atoms with van der Waals surface area (Å²) in [6.07, 6.45) is 3.94. The number of aryl methyl sites for hydroxylation is 2. The van der Waals surface area contributed by atoms with Crippen molar-refractivity contribution in [3.63, 3.8) is 0 Å². The molecule has 0 spiro atoms. The highest BCUT2D eigenvalue weighted by atomic mass is 32.1. The Balaban J connectivity index is 2.00. The summed E-state index contributed by atoms with van der Waals surface area (Å²) in [4.78, 5) is 18.8. The molecule has 0 fully saturated rings. The van der Waals surface area contributed by atoms with E-state index in [-0.39, 0.29) is 5.78 Å². The Hall–Kier alpha value is -1.68. The zero-order valence-electron chi connectivity index (χ0n) is 11.1. The Morgan fingerprint density at radius 2 is 2.26 bits per heavy atom. The summed E-state index contributed by atoms with van der Waals surface area (Å²) in [6.45, 7) is 4.68. The highest BCUT2D eigenvalue weighted by Gasteiger charge is 2.21. The summed E-state index contributed by atoms with van der Waals surface area (Å²) in [5, 5.41) is 0.926. The molecule has 0 amide bonds. The van der Waals surface area contributed by atoms with Crippen LogP contribution >= 0.6 is 11.3 Å². The first kappa shape index (κ1) is 12.4. The molecule has 1 aromatic carbocycles. The van der Waals surface area contributed by atoms with Crippen molar-refractivity contribution in [3.8, 4) is 0 Å². The Kier molecular flexibility index (Phi) is 3.11. The first-order valence-corrected chi connectivity index (χ1v) is 7.30. The predicted octanol–water partition coefficient (Wildman–Crippen LogP) is 3.74. The topological polar surface area (TPSA) is 33.2 Å². The van der Waals surface area contributed by atoms with E-state index in [1.165, 1.54) is 28.2 Å². The van der Waals surface area contributed by atoms with Gasteiger partial charge in [-0.3, -0.25) is 4.79 Å². The lowest BCUT2D eigenvalue weighted by Crippen LogP contribution is -2.24. The van der Waals surface area contributed by atoms with Crippen molar-refractivity contribution in [2.75, 3.05) is 11.4 Å². The number of thiazole rings is 1. The van der Waals surface area contributed by atoms with E-state index in [9.17, 15) is 4.79 Å². The van der Waals surface area contributed by atoms with Crippen LogP contribution in [0.2, 0.25) is 0 Å². The average Bonchev–Trinajstić information content (AvgIpc) is 2.87. The third-order valence-electron chi connectivity index (χ3n) is 3.43. The quantitative estimate of drug-likeness (QED) is 0.781. The van der Waals surface area contributed by atoms with Crippen LogP contribution in [0.15, 0.2) is 24.4 Å². The minimum absolute atomic E-state index is 0.0879. The Bertz CT molecular complexity index is 633. The lowest BCUT2D eigenvalue weighted by atomic mass is 10.0. The molecule has 0 atom stereocenters. The maximum absolute atomic E-state index is 11.4. The number of aromatic nitrogens is 1. The predicted molar refractivity (Wildman–Crippen MR) is 78.6 cm³/mol. The highest BCUT2D eigenvalue weighted by Crippen LogP contribution is 2.36. The van der Waals surface area contributed by atoms with Crippen LogP contribution in [0.25, 0.3) is 0 Å². The Morgan fingerprint density at radius 1 is 1.42 bits per heavy atom. The van der Waals surface area contributed by atoms with Crippen LogP contribution in [0.3, 0.4) is 0 Å². The molecule has 1 aliphatic heterocycles. The molecule has 3 nitrogen and oxygen atoms in total. The van der Waals surface area contributed by atoms with Gasteiger partial charge in [0.1, 0.15) is 0 Å². The molecule has 2 aromatic rings. The maximum atomic E-state index is 11.4. The summed E-state index contributed by atoms with van der Waals surface area (Å²) in [5.41, 5.74) is 3.91. The van der Waals surface area contributed by atoms with Crippen molar-refractivity contribution in [1.29, 1.82) is 0 Å². The third kappa shape index (κ3) is 2.28. The molecule has 0 saturated heterocycles. The fraction of sp³-hybridized carbons (Fsp3) is 0.333. The molecule has 0 radical (unpaired) electrons. The monoisotopic (exact) mass is 272 g/mol. The molecule has 0 bridgehead atoms. The van der Waals surface area contributed by atoms with Gasteiger partial charge in [-0.15, -0.1) is 0 Å². The number of rotatable bonds is 2. The van der Waals surface area contributed by atoms with Gasteiger partial charge in [0, 0.05) is 19.2 Å². The van der Waals surface area contributed by atoms with Crippen LogP contribution in [-0.2, 0) is 6.42 Å². The first-order chi connectivity index (χ1) is 9.15. The zero-order chi connectivity index (χ0) is 13.4. The van der Waals surface area contributed by atoms with Gasteiger partial charge in [0.25, 0.3) is 0 Å². The smallest absolute Gasteiger partial charge is 0.190 e. The number of anilines is 2. The highest BCUT2D eigenvalue weighted by molar-refractivity contribution is 7.17. The molecule has 1 aromatic heterocycles. The van der Waals surface area contributed by atoms with Crippen LogP contribution in [-0.4, -0.2) is 17.3 Å². The largest absolute Gasteiger partial charge is 0.318 e. The number of carbonyl (C=O) groups is 1. The van der Waals surface area contributed by atoms with Gasteiger partial charge in [0.2, 0.25) is 0 Å². The molecular weight excluding hydrogens is 256 g/mol. The number of nitrogens with zero attached hydrogens (tertiary/aromatic N) is 2. The molecular formula is C15H16N2OS. The average molecular weight is 272 g/mol. The first-order valence-electron chi connectivity index (χ1n) is 6.49. The van der Waals surface area contributed by atoms with E-state index in [2.05, 4.69) is 35.0 Å². The van der Waals surface area contributed by atoms with Crippen LogP contribution in [0.4, 0.5) is 10.8 Å². The van der Waals surface area contributed by atoms with Crippen molar-refractivity contribution in [3.05, 3.63) is 40.4 Å². The van der Waals surface area contributed by atoms with E-state index in [1.807, 2.05) is 0 Å². The van der Waals surface area contributed by atoms with Crippen molar-refractivity contribution < 1.29 is 4.79 Å². The van der Waals surface area contributed by atoms with Crippen molar-refractivity contribution in [2.45, 2.75) is 26.7 Å². The SMILES string of the molecule is CC(=O)c1cnc(N2CCCc3cc(C)ccc32)s1.